The molecule has 0 aromatic rings. The molecule has 0 aromatic carbocycles. The summed E-state index contributed by atoms with van der Waals surface area (Å²) < 4.78 is 4.27. The van der Waals surface area contributed by atoms with Gasteiger partial charge in [-0.1, -0.05) is 19.6 Å². The van der Waals surface area contributed by atoms with E-state index >= 15 is 0 Å². The van der Waals surface area contributed by atoms with Crippen molar-refractivity contribution in [2.75, 3.05) is 7.11 Å². The van der Waals surface area contributed by atoms with Crippen molar-refractivity contribution < 1.29 is 19.4 Å². The Labute approximate surface area is 139 Å². The number of ether oxygens (including phenoxy) is 1. The summed E-state index contributed by atoms with van der Waals surface area (Å²) >= 11 is 0. The highest BCUT2D eigenvalue weighted by Crippen LogP contribution is 2.58. The van der Waals surface area contributed by atoms with Crippen molar-refractivity contribution in [3.8, 4) is 0 Å². The Kier molecular flexibility index (Phi) is 7.53. The molecule has 4 heteroatoms. The maximum atomic E-state index is 10.2. The number of hydrogen-bond donors (Lipinski definition) is 1. The van der Waals surface area contributed by atoms with E-state index in [1.807, 2.05) is 0 Å². The summed E-state index contributed by atoms with van der Waals surface area (Å²) in [6.45, 7) is 9.56. The van der Waals surface area contributed by atoms with Crippen molar-refractivity contribution in [1.29, 1.82) is 0 Å². The van der Waals surface area contributed by atoms with E-state index in [4.69, 9.17) is 5.11 Å². The van der Waals surface area contributed by atoms with E-state index in [2.05, 4.69) is 17.9 Å². The highest BCUT2D eigenvalue weighted by atomic mass is 16.5. The topological polar surface area (TPSA) is 63.6 Å². The third kappa shape index (κ3) is 5.52. The Morgan fingerprint density at radius 1 is 0.957 bits per heavy atom. The van der Waals surface area contributed by atoms with E-state index in [0.717, 1.165) is 0 Å². The van der Waals surface area contributed by atoms with Crippen LogP contribution in [0.4, 0.5) is 0 Å². The fourth-order valence-corrected chi connectivity index (χ4v) is 4.19. The quantitative estimate of drug-likeness (QED) is 0.611. The molecule has 4 unspecified atom stereocenters. The Morgan fingerprint density at radius 2 is 1.39 bits per heavy atom. The molecule has 3 aliphatic carbocycles. The SMILES string of the molecule is C1CC2C3CCC(C3)C2C1.C=C(C)C(=O)O.C=C(C)C(=O)OC. The maximum Gasteiger partial charge on any atom is 0.332 e. The highest BCUT2D eigenvalue weighted by molar-refractivity contribution is 5.86. The molecule has 23 heavy (non-hydrogen) atoms. The molecule has 3 fully saturated rings. The number of rotatable bonds is 2. The standard InChI is InChI=1S/C10H16.C5H8O2.C4H6O2/c1-2-9-7-4-5-8(6-7)10(9)3-1;1-4(2)5(6)7-3;1-3(2)4(5)6/h7-10H,1-6H2;1H2,2-3H3;1H2,2H3,(H,5,6). The van der Waals surface area contributed by atoms with Crippen molar-refractivity contribution in [3.63, 3.8) is 0 Å². The summed E-state index contributed by atoms with van der Waals surface area (Å²) in [4.78, 5) is 19.8. The van der Waals surface area contributed by atoms with Gasteiger partial charge < -0.3 is 9.84 Å². The number of carboxylic acids is 1. The average molecular weight is 322 g/mol. The van der Waals surface area contributed by atoms with Crippen LogP contribution in [-0.4, -0.2) is 24.2 Å². The molecule has 3 aliphatic rings. The Balaban J connectivity index is 0.000000183. The van der Waals surface area contributed by atoms with Crippen LogP contribution < -0.4 is 0 Å². The van der Waals surface area contributed by atoms with Crippen LogP contribution in [0.15, 0.2) is 24.3 Å². The summed E-state index contributed by atoms with van der Waals surface area (Å²) in [6, 6.07) is 0. The van der Waals surface area contributed by atoms with E-state index in [1.54, 1.807) is 45.4 Å². The summed E-state index contributed by atoms with van der Waals surface area (Å²) in [6.07, 6.45) is 9.53. The summed E-state index contributed by atoms with van der Waals surface area (Å²) in [5.41, 5.74) is 0.609. The minimum atomic E-state index is -0.935. The van der Waals surface area contributed by atoms with Gasteiger partial charge in [0, 0.05) is 11.1 Å². The number of methoxy groups -OCH3 is 1. The monoisotopic (exact) mass is 322 g/mol. The number of aliphatic carboxylic acids is 1. The van der Waals surface area contributed by atoms with Crippen molar-refractivity contribution >= 4 is 11.9 Å². The molecule has 3 rings (SSSR count). The van der Waals surface area contributed by atoms with E-state index in [-0.39, 0.29) is 11.5 Å². The lowest BCUT2D eigenvalue weighted by Crippen LogP contribution is -2.15. The summed E-state index contributed by atoms with van der Waals surface area (Å²) in [7, 11) is 1.33. The molecule has 4 nitrogen and oxygen atoms in total. The average Bonchev–Trinajstić information content (AvgIpc) is 3.20. The molecular weight excluding hydrogens is 292 g/mol. The van der Waals surface area contributed by atoms with Crippen molar-refractivity contribution in [3.05, 3.63) is 24.3 Å². The van der Waals surface area contributed by atoms with Gasteiger partial charge in [-0.3, -0.25) is 0 Å². The van der Waals surface area contributed by atoms with Crippen molar-refractivity contribution in [2.24, 2.45) is 23.7 Å². The number of hydrogen-bond acceptors (Lipinski definition) is 3. The van der Waals surface area contributed by atoms with Gasteiger partial charge >= 0.3 is 11.9 Å². The van der Waals surface area contributed by atoms with Gasteiger partial charge in [-0.05, 0) is 69.6 Å². The predicted octanol–water partition coefficient (Wildman–Crippen LogP) is 4.22. The van der Waals surface area contributed by atoms with Crippen LogP contribution in [0.1, 0.15) is 52.4 Å². The first-order valence-corrected chi connectivity index (χ1v) is 8.40. The lowest BCUT2D eigenvalue weighted by molar-refractivity contribution is -0.136. The zero-order chi connectivity index (χ0) is 17.6. The first kappa shape index (κ1) is 19.5. The molecule has 0 heterocycles. The number of carbonyl (C=O) groups is 2. The molecule has 0 aliphatic heterocycles. The van der Waals surface area contributed by atoms with E-state index in [1.165, 1.54) is 37.7 Å². The van der Waals surface area contributed by atoms with Crippen molar-refractivity contribution in [2.45, 2.75) is 52.4 Å². The van der Waals surface area contributed by atoms with Gasteiger partial charge in [0.1, 0.15) is 0 Å². The van der Waals surface area contributed by atoms with Gasteiger partial charge in [-0.25, -0.2) is 9.59 Å². The van der Waals surface area contributed by atoms with Gasteiger partial charge in [-0.2, -0.15) is 0 Å². The van der Waals surface area contributed by atoms with Crippen LogP contribution in [-0.2, 0) is 14.3 Å². The second kappa shape index (κ2) is 8.90. The minimum Gasteiger partial charge on any atom is -0.478 e. The van der Waals surface area contributed by atoms with E-state index < -0.39 is 5.97 Å². The minimum absolute atomic E-state index is 0.176. The normalized spacial score (nSPS) is 29.3. The Hall–Kier alpha value is -1.58. The molecule has 0 amide bonds. The van der Waals surface area contributed by atoms with E-state index in [0.29, 0.717) is 5.57 Å². The number of carboxylic acid groups (broad SMARTS) is 1. The molecule has 2 bridgehead atoms. The number of carbonyl (C=O) groups excluding carboxylic acids is 1. The smallest absolute Gasteiger partial charge is 0.332 e. The molecular formula is C19H30O4. The molecule has 0 aromatic heterocycles. The number of fused-ring (bicyclic) bond motifs is 5. The third-order valence-corrected chi connectivity index (χ3v) is 5.25. The second-order valence-corrected chi connectivity index (χ2v) is 6.95. The number of esters is 1. The van der Waals surface area contributed by atoms with E-state index in [9.17, 15) is 9.59 Å². The molecule has 130 valence electrons. The lowest BCUT2D eigenvalue weighted by Gasteiger charge is -2.23. The molecule has 0 saturated heterocycles. The fraction of sp³-hybridized carbons (Fsp3) is 0.684. The fourth-order valence-electron chi connectivity index (χ4n) is 4.19. The van der Waals surface area contributed by atoms with Gasteiger partial charge in [0.15, 0.2) is 0 Å². The summed E-state index contributed by atoms with van der Waals surface area (Å²) in [5, 5.41) is 7.89. The lowest BCUT2D eigenvalue weighted by atomic mass is 9.82. The van der Waals surface area contributed by atoms with Crippen LogP contribution in [0.25, 0.3) is 0 Å². The highest BCUT2D eigenvalue weighted by Gasteiger charge is 2.48. The largest absolute Gasteiger partial charge is 0.478 e. The van der Waals surface area contributed by atoms with Crippen molar-refractivity contribution in [1.82, 2.24) is 0 Å². The van der Waals surface area contributed by atoms with Crippen LogP contribution in [0, 0.1) is 23.7 Å². The Morgan fingerprint density at radius 3 is 1.65 bits per heavy atom. The van der Waals surface area contributed by atoms with Gasteiger partial charge in [0.25, 0.3) is 0 Å². The maximum absolute atomic E-state index is 10.2. The molecule has 0 spiro atoms. The van der Waals surface area contributed by atoms with Crippen LogP contribution in [0.3, 0.4) is 0 Å². The second-order valence-electron chi connectivity index (χ2n) is 6.95. The predicted molar refractivity (Wildman–Crippen MR) is 90.9 cm³/mol. The van der Waals surface area contributed by atoms with Gasteiger partial charge in [0.2, 0.25) is 0 Å². The van der Waals surface area contributed by atoms with Gasteiger partial charge in [0.05, 0.1) is 7.11 Å². The zero-order valence-corrected chi connectivity index (χ0v) is 14.6. The van der Waals surface area contributed by atoms with Crippen LogP contribution in [0.2, 0.25) is 0 Å². The molecule has 1 N–H and O–H groups in total. The molecule has 3 saturated carbocycles. The molecule has 4 atom stereocenters. The van der Waals surface area contributed by atoms with Crippen LogP contribution in [0.5, 0.6) is 0 Å². The van der Waals surface area contributed by atoms with Gasteiger partial charge in [-0.15, -0.1) is 0 Å². The first-order chi connectivity index (χ1) is 10.8. The van der Waals surface area contributed by atoms with Crippen LogP contribution >= 0.6 is 0 Å². The summed E-state index contributed by atoms with van der Waals surface area (Å²) in [5.74, 6) is 3.52. The molecule has 0 radical (unpaired) electrons. The zero-order valence-electron chi connectivity index (χ0n) is 14.6. The Bertz CT molecular complexity index is 438. The third-order valence-electron chi connectivity index (χ3n) is 5.25. The first-order valence-electron chi connectivity index (χ1n) is 8.40.